The molecule has 0 spiro atoms. The van der Waals surface area contributed by atoms with E-state index in [2.05, 4.69) is 10.3 Å². The van der Waals surface area contributed by atoms with Gasteiger partial charge in [0.05, 0.1) is 5.75 Å². The van der Waals surface area contributed by atoms with Crippen LogP contribution < -0.4 is 5.32 Å². The van der Waals surface area contributed by atoms with Crippen LogP contribution in [0.3, 0.4) is 0 Å². The van der Waals surface area contributed by atoms with Gasteiger partial charge in [0.1, 0.15) is 17.3 Å². The van der Waals surface area contributed by atoms with Crippen LogP contribution in [0, 0.1) is 0 Å². The molecule has 2 heterocycles. The van der Waals surface area contributed by atoms with Gasteiger partial charge in [-0.2, -0.15) is 0 Å². The van der Waals surface area contributed by atoms with Crippen LogP contribution >= 0.6 is 11.8 Å². The third-order valence-corrected chi connectivity index (χ3v) is 3.83. The number of amides is 2. The summed E-state index contributed by atoms with van der Waals surface area (Å²) in [6.45, 7) is 1.93. The zero-order valence-electron chi connectivity index (χ0n) is 8.69. The summed E-state index contributed by atoms with van der Waals surface area (Å²) >= 11 is 1.37. The standard InChI is InChI=1S/C9H13N3O2S/c1-3-5-10-8-7(9(14)11-5)15-4-6(13)12(8)2/h7-8H,3-4H2,1-2H3,(H,10,11,14). The van der Waals surface area contributed by atoms with Crippen LogP contribution in [0.1, 0.15) is 13.3 Å². The maximum atomic E-state index is 11.7. The topological polar surface area (TPSA) is 61.8 Å². The lowest BCUT2D eigenvalue weighted by Gasteiger charge is -2.38. The summed E-state index contributed by atoms with van der Waals surface area (Å²) in [5.74, 6) is 1.04. The number of nitrogens with one attached hydrogen (secondary N) is 1. The highest BCUT2D eigenvalue weighted by Crippen LogP contribution is 2.27. The number of thioether (sulfide) groups is 1. The summed E-state index contributed by atoms with van der Waals surface area (Å²) in [6.07, 6.45) is 0.363. The van der Waals surface area contributed by atoms with Gasteiger partial charge in [0, 0.05) is 13.5 Å². The Hall–Kier alpha value is -1.04. The van der Waals surface area contributed by atoms with Crippen molar-refractivity contribution in [2.24, 2.45) is 4.99 Å². The van der Waals surface area contributed by atoms with E-state index in [1.807, 2.05) is 6.92 Å². The predicted octanol–water partition coefficient (Wildman–Crippen LogP) is -0.175. The molecule has 0 aromatic rings. The fraction of sp³-hybridized carbons (Fsp3) is 0.667. The van der Waals surface area contributed by atoms with Gasteiger partial charge < -0.3 is 10.2 Å². The maximum Gasteiger partial charge on any atom is 0.242 e. The third-order valence-electron chi connectivity index (χ3n) is 2.60. The minimum Gasteiger partial charge on any atom is -0.321 e. The summed E-state index contributed by atoms with van der Waals surface area (Å²) in [6, 6.07) is 0. The van der Waals surface area contributed by atoms with Crippen LogP contribution in [-0.2, 0) is 9.59 Å². The molecule has 1 fully saturated rings. The Morgan fingerprint density at radius 2 is 2.33 bits per heavy atom. The summed E-state index contributed by atoms with van der Waals surface area (Å²) < 4.78 is 0. The molecular formula is C9H13N3O2S. The van der Waals surface area contributed by atoms with Crippen LogP contribution in [0.25, 0.3) is 0 Å². The average molecular weight is 227 g/mol. The second kappa shape index (κ2) is 3.84. The molecule has 2 aliphatic heterocycles. The number of amidine groups is 1. The van der Waals surface area contributed by atoms with Crippen LogP contribution in [0.15, 0.2) is 4.99 Å². The SMILES string of the molecule is CCC1=NC2C(SCC(=O)N2C)C(=O)N1. The number of carbonyl (C=O) groups is 2. The van der Waals surface area contributed by atoms with Gasteiger partial charge in [0.15, 0.2) is 0 Å². The van der Waals surface area contributed by atoms with E-state index in [1.165, 1.54) is 11.8 Å². The van der Waals surface area contributed by atoms with E-state index in [-0.39, 0.29) is 23.2 Å². The van der Waals surface area contributed by atoms with Crippen LogP contribution in [0.2, 0.25) is 0 Å². The van der Waals surface area contributed by atoms with Crippen molar-refractivity contribution in [3.8, 4) is 0 Å². The predicted molar refractivity (Wildman–Crippen MR) is 58.7 cm³/mol. The summed E-state index contributed by atoms with van der Waals surface area (Å²) in [4.78, 5) is 29.1. The van der Waals surface area contributed by atoms with Gasteiger partial charge in [0.25, 0.3) is 0 Å². The number of fused-ring (bicyclic) bond motifs is 1. The lowest BCUT2D eigenvalue weighted by molar-refractivity contribution is -0.131. The molecule has 2 atom stereocenters. The van der Waals surface area contributed by atoms with Crippen molar-refractivity contribution in [2.75, 3.05) is 12.8 Å². The molecule has 0 aromatic carbocycles. The zero-order valence-corrected chi connectivity index (χ0v) is 9.50. The van der Waals surface area contributed by atoms with E-state index in [0.29, 0.717) is 18.0 Å². The number of hydrogen-bond acceptors (Lipinski definition) is 4. The first-order chi connectivity index (χ1) is 7.13. The molecule has 0 bridgehead atoms. The Morgan fingerprint density at radius 1 is 1.60 bits per heavy atom. The zero-order chi connectivity index (χ0) is 11.0. The molecule has 0 aromatic heterocycles. The Morgan fingerprint density at radius 3 is 3.00 bits per heavy atom. The minimum absolute atomic E-state index is 0.0313. The van der Waals surface area contributed by atoms with Gasteiger partial charge >= 0.3 is 0 Å². The molecule has 1 saturated heterocycles. The number of hydrogen-bond donors (Lipinski definition) is 1. The Bertz CT molecular complexity index is 342. The quantitative estimate of drug-likeness (QED) is 0.676. The van der Waals surface area contributed by atoms with E-state index < -0.39 is 0 Å². The summed E-state index contributed by atoms with van der Waals surface area (Å²) in [7, 11) is 1.70. The number of nitrogens with zero attached hydrogens (tertiary/aromatic N) is 2. The van der Waals surface area contributed by atoms with Crippen molar-refractivity contribution in [3.05, 3.63) is 0 Å². The Kier molecular flexibility index (Phi) is 2.68. The van der Waals surface area contributed by atoms with Gasteiger partial charge in [-0.05, 0) is 0 Å². The second-order valence-electron chi connectivity index (χ2n) is 3.57. The third kappa shape index (κ3) is 1.73. The first-order valence-electron chi connectivity index (χ1n) is 4.88. The average Bonchev–Trinajstić information content (AvgIpc) is 2.23. The highest BCUT2D eigenvalue weighted by atomic mass is 32.2. The fourth-order valence-electron chi connectivity index (χ4n) is 1.65. The first-order valence-corrected chi connectivity index (χ1v) is 5.93. The highest BCUT2D eigenvalue weighted by molar-refractivity contribution is 8.01. The smallest absolute Gasteiger partial charge is 0.242 e. The van der Waals surface area contributed by atoms with Gasteiger partial charge in [-0.15, -0.1) is 11.8 Å². The van der Waals surface area contributed by atoms with E-state index >= 15 is 0 Å². The molecule has 2 unspecified atom stereocenters. The Labute approximate surface area is 92.3 Å². The lowest BCUT2D eigenvalue weighted by atomic mass is 10.2. The molecule has 0 aliphatic carbocycles. The van der Waals surface area contributed by atoms with E-state index in [1.54, 1.807) is 11.9 Å². The van der Waals surface area contributed by atoms with Crippen LogP contribution in [0.5, 0.6) is 0 Å². The largest absolute Gasteiger partial charge is 0.321 e. The summed E-state index contributed by atoms with van der Waals surface area (Å²) in [5.41, 5.74) is 0. The van der Waals surface area contributed by atoms with Crippen molar-refractivity contribution in [3.63, 3.8) is 0 Å². The normalized spacial score (nSPS) is 30.8. The van der Waals surface area contributed by atoms with Gasteiger partial charge in [-0.3, -0.25) is 9.59 Å². The molecule has 82 valence electrons. The van der Waals surface area contributed by atoms with Crippen molar-refractivity contribution in [1.82, 2.24) is 10.2 Å². The van der Waals surface area contributed by atoms with Gasteiger partial charge in [-0.25, -0.2) is 4.99 Å². The van der Waals surface area contributed by atoms with Crippen molar-refractivity contribution in [2.45, 2.75) is 24.8 Å². The molecule has 2 amide bonds. The number of rotatable bonds is 1. The maximum absolute atomic E-state index is 11.7. The second-order valence-corrected chi connectivity index (χ2v) is 4.70. The fourth-order valence-corrected chi connectivity index (χ4v) is 2.80. The minimum atomic E-state index is -0.319. The lowest BCUT2D eigenvalue weighted by Crippen LogP contribution is -2.57. The number of carbonyl (C=O) groups excluding carboxylic acids is 2. The Balaban J connectivity index is 2.29. The van der Waals surface area contributed by atoms with Crippen molar-refractivity contribution in [1.29, 1.82) is 0 Å². The van der Waals surface area contributed by atoms with E-state index in [9.17, 15) is 9.59 Å². The van der Waals surface area contributed by atoms with E-state index in [0.717, 1.165) is 0 Å². The molecule has 15 heavy (non-hydrogen) atoms. The number of aliphatic imine (C=N–C) groups is 1. The summed E-state index contributed by atoms with van der Waals surface area (Å²) in [5, 5.41) is 2.51. The van der Waals surface area contributed by atoms with Crippen molar-refractivity contribution >= 4 is 29.4 Å². The molecule has 0 radical (unpaired) electrons. The molecular weight excluding hydrogens is 214 g/mol. The van der Waals surface area contributed by atoms with Crippen LogP contribution in [0.4, 0.5) is 0 Å². The molecule has 1 N–H and O–H groups in total. The van der Waals surface area contributed by atoms with Crippen molar-refractivity contribution < 1.29 is 9.59 Å². The first kappa shape index (κ1) is 10.5. The van der Waals surface area contributed by atoms with Crippen LogP contribution in [-0.4, -0.2) is 46.8 Å². The molecule has 2 aliphatic rings. The van der Waals surface area contributed by atoms with E-state index in [4.69, 9.17) is 0 Å². The molecule has 6 heteroatoms. The van der Waals surface area contributed by atoms with Gasteiger partial charge in [0.2, 0.25) is 11.8 Å². The molecule has 0 saturated carbocycles. The molecule has 2 rings (SSSR count). The highest BCUT2D eigenvalue weighted by Gasteiger charge is 2.41. The monoisotopic (exact) mass is 227 g/mol. The van der Waals surface area contributed by atoms with Gasteiger partial charge in [-0.1, -0.05) is 6.92 Å². The molecule has 5 nitrogen and oxygen atoms in total.